The van der Waals surface area contributed by atoms with E-state index >= 15 is 0 Å². The molecule has 5 heteroatoms. The molecule has 19 heavy (non-hydrogen) atoms. The van der Waals surface area contributed by atoms with Gasteiger partial charge in [-0.1, -0.05) is 35.0 Å². The van der Waals surface area contributed by atoms with Crippen molar-refractivity contribution in [3.8, 4) is 0 Å². The second-order valence-corrected chi connectivity index (χ2v) is 7.97. The molecule has 1 aromatic rings. The Morgan fingerprint density at radius 1 is 1.32 bits per heavy atom. The largest absolute Gasteiger partial charge is 0.319 e. The van der Waals surface area contributed by atoms with Crippen LogP contribution in [0.5, 0.6) is 0 Å². The molecule has 0 aliphatic carbocycles. The Hall–Kier alpha value is -0.390. The molecule has 1 aromatic carbocycles. The zero-order valence-electron chi connectivity index (χ0n) is 11.5. The van der Waals surface area contributed by atoms with E-state index in [1.807, 2.05) is 26.1 Å². The molecule has 0 radical (unpaired) electrons. The van der Waals surface area contributed by atoms with Crippen molar-refractivity contribution in [1.29, 1.82) is 0 Å². The molecule has 0 aromatic heterocycles. The average Bonchev–Trinajstić information content (AvgIpc) is 2.34. The van der Waals surface area contributed by atoms with E-state index in [4.69, 9.17) is 0 Å². The van der Waals surface area contributed by atoms with Gasteiger partial charge in [-0.2, -0.15) is 0 Å². The summed E-state index contributed by atoms with van der Waals surface area (Å²) in [6, 6.07) is 8.09. The van der Waals surface area contributed by atoms with Gasteiger partial charge in [0.1, 0.15) is 9.84 Å². The molecule has 3 nitrogen and oxygen atoms in total. The summed E-state index contributed by atoms with van der Waals surface area (Å²) in [7, 11) is -1.01. The van der Waals surface area contributed by atoms with Crippen LogP contribution in [0.4, 0.5) is 0 Å². The molecule has 108 valence electrons. The van der Waals surface area contributed by atoms with Crippen LogP contribution in [0.15, 0.2) is 28.7 Å². The first-order chi connectivity index (χ1) is 8.98. The highest BCUT2D eigenvalue weighted by Gasteiger charge is 2.16. The van der Waals surface area contributed by atoms with Crippen LogP contribution in [-0.2, 0) is 9.84 Å². The van der Waals surface area contributed by atoms with Gasteiger partial charge in [0.15, 0.2) is 0 Å². The van der Waals surface area contributed by atoms with E-state index in [0.717, 1.165) is 11.0 Å². The number of likely N-dealkylation sites (N-methyl/N-ethyl adjacent to an activating group) is 1. The number of hydrogen-bond donors (Lipinski definition) is 1. The summed E-state index contributed by atoms with van der Waals surface area (Å²) in [4.78, 5) is 0. The van der Waals surface area contributed by atoms with E-state index in [0.29, 0.717) is 12.8 Å². The Labute approximate surface area is 124 Å². The van der Waals surface area contributed by atoms with Gasteiger partial charge in [0.2, 0.25) is 0 Å². The molecular formula is C14H22BrNO2S. The second-order valence-electron chi connectivity index (χ2n) is 4.75. The van der Waals surface area contributed by atoms with Crippen LogP contribution in [0.25, 0.3) is 0 Å². The van der Waals surface area contributed by atoms with Crippen LogP contribution in [0, 0.1) is 0 Å². The molecule has 0 aliphatic heterocycles. The van der Waals surface area contributed by atoms with E-state index in [9.17, 15) is 8.42 Å². The minimum atomic E-state index is -2.90. The Balaban J connectivity index is 2.74. The van der Waals surface area contributed by atoms with Crippen LogP contribution in [0.2, 0.25) is 0 Å². The first-order valence-corrected chi connectivity index (χ1v) is 9.20. The molecule has 0 fully saturated rings. The normalized spacial score (nSPS) is 13.4. The van der Waals surface area contributed by atoms with Gasteiger partial charge in [-0.05, 0) is 43.5 Å². The van der Waals surface area contributed by atoms with Gasteiger partial charge in [-0.3, -0.25) is 0 Å². The van der Waals surface area contributed by atoms with Crippen molar-refractivity contribution >= 4 is 25.8 Å². The number of nitrogens with one attached hydrogen (secondary N) is 1. The van der Waals surface area contributed by atoms with Gasteiger partial charge in [-0.25, -0.2) is 8.42 Å². The Morgan fingerprint density at radius 3 is 2.63 bits per heavy atom. The van der Waals surface area contributed by atoms with Crippen molar-refractivity contribution in [1.82, 2.24) is 5.32 Å². The number of sulfone groups is 1. The fraction of sp³-hybridized carbons (Fsp3) is 0.571. The number of hydrogen-bond acceptors (Lipinski definition) is 3. The summed E-state index contributed by atoms with van der Waals surface area (Å²) in [5.41, 5.74) is 1.18. The molecule has 0 saturated heterocycles. The lowest BCUT2D eigenvalue weighted by atomic mass is 9.96. The van der Waals surface area contributed by atoms with Gasteiger partial charge in [0.25, 0.3) is 0 Å². The monoisotopic (exact) mass is 347 g/mol. The summed E-state index contributed by atoms with van der Waals surface area (Å²) in [5, 5.41) is 3.14. The summed E-state index contributed by atoms with van der Waals surface area (Å²) in [5.74, 6) is 0.784. The molecule has 1 unspecified atom stereocenters. The van der Waals surface area contributed by atoms with Gasteiger partial charge in [0, 0.05) is 16.8 Å². The lowest BCUT2D eigenvalue weighted by Gasteiger charge is -2.17. The molecule has 0 spiro atoms. The van der Waals surface area contributed by atoms with Crippen molar-refractivity contribution in [3.63, 3.8) is 0 Å². The van der Waals surface area contributed by atoms with E-state index < -0.39 is 9.84 Å². The Kier molecular flexibility index (Phi) is 7.04. The third-order valence-electron chi connectivity index (χ3n) is 3.06. The molecule has 0 heterocycles. The molecule has 0 saturated carbocycles. The number of halogens is 1. The molecule has 1 rings (SSSR count). The molecule has 0 aliphatic rings. The average molecular weight is 348 g/mol. The van der Waals surface area contributed by atoms with Crippen molar-refractivity contribution in [2.45, 2.75) is 25.7 Å². The minimum absolute atomic E-state index is 0.231. The molecule has 0 amide bonds. The van der Waals surface area contributed by atoms with Crippen LogP contribution < -0.4 is 5.32 Å². The summed E-state index contributed by atoms with van der Waals surface area (Å²) in [6.07, 6.45) is 1.36. The van der Waals surface area contributed by atoms with E-state index in [2.05, 4.69) is 33.4 Å². The highest BCUT2D eigenvalue weighted by atomic mass is 79.9. The quantitative estimate of drug-likeness (QED) is 0.786. The van der Waals surface area contributed by atoms with E-state index in [1.54, 1.807) is 0 Å². The van der Waals surface area contributed by atoms with Crippen molar-refractivity contribution in [2.75, 3.05) is 25.1 Å². The summed E-state index contributed by atoms with van der Waals surface area (Å²) < 4.78 is 24.6. The Morgan fingerprint density at radius 2 is 2.05 bits per heavy atom. The van der Waals surface area contributed by atoms with Crippen LogP contribution in [0.3, 0.4) is 0 Å². The zero-order valence-corrected chi connectivity index (χ0v) is 13.9. The lowest BCUT2D eigenvalue weighted by molar-refractivity contribution is 0.573. The van der Waals surface area contributed by atoms with Gasteiger partial charge in [0.05, 0.1) is 5.75 Å². The van der Waals surface area contributed by atoms with Crippen LogP contribution in [-0.4, -0.2) is 33.5 Å². The molecule has 0 bridgehead atoms. The highest BCUT2D eigenvalue weighted by molar-refractivity contribution is 9.10. The zero-order chi connectivity index (χ0) is 14.3. The third-order valence-corrected chi connectivity index (χ3v) is 5.44. The van der Waals surface area contributed by atoms with Crippen LogP contribution in [0.1, 0.15) is 31.2 Å². The lowest BCUT2D eigenvalue weighted by Crippen LogP contribution is -2.21. The maximum absolute atomic E-state index is 11.8. The van der Waals surface area contributed by atoms with E-state index in [-0.39, 0.29) is 17.4 Å². The smallest absolute Gasteiger partial charge is 0.150 e. The fourth-order valence-corrected chi connectivity index (χ4v) is 4.02. The Bertz CT molecular complexity index is 488. The van der Waals surface area contributed by atoms with Crippen molar-refractivity contribution < 1.29 is 8.42 Å². The summed E-state index contributed by atoms with van der Waals surface area (Å²) >= 11 is 3.46. The highest BCUT2D eigenvalue weighted by Crippen LogP contribution is 2.23. The SMILES string of the molecule is CCCS(=O)(=O)CCC(CNC)c1cccc(Br)c1. The maximum atomic E-state index is 11.8. The molecule has 1 N–H and O–H groups in total. The second kappa shape index (κ2) is 8.02. The molecular weight excluding hydrogens is 326 g/mol. The standard InChI is InChI=1S/C14H22BrNO2S/c1-3-8-19(17,18)9-7-13(11-16-2)12-5-4-6-14(15)10-12/h4-6,10,13,16H,3,7-9,11H2,1-2H3. The predicted octanol–water partition coefficient (Wildman–Crippen LogP) is 2.97. The third kappa shape index (κ3) is 6.06. The van der Waals surface area contributed by atoms with Crippen LogP contribution >= 0.6 is 15.9 Å². The summed E-state index contributed by atoms with van der Waals surface area (Å²) in [6.45, 7) is 2.69. The van der Waals surface area contributed by atoms with Gasteiger partial charge < -0.3 is 5.32 Å². The van der Waals surface area contributed by atoms with E-state index in [1.165, 1.54) is 5.56 Å². The van der Waals surface area contributed by atoms with Gasteiger partial charge in [-0.15, -0.1) is 0 Å². The molecule has 1 atom stereocenters. The van der Waals surface area contributed by atoms with Crippen molar-refractivity contribution in [2.24, 2.45) is 0 Å². The number of rotatable bonds is 8. The predicted molar refractivity (Wildman–Crippen MR) is 84.4 cm³/mol. The maximum Gasteiger partial charge on any atom is 0.150 e. The van der Waals surface area contributed by atoms with Crippen molar-refractivity contribution in [3.05, 3.63) is 34.3 Å². The van der Waals surface area contributed by atoms with Gasteiger partial charge >= 0.3 is 0 Å². The number of benzene rings is 1. The first kappa shape index (κ1) is 16.7. The topological polar surface area (TPSA) is 46.2 Å². The fourth-order valence-electron chi connectivity index (χ4n) is 2.13. The first-order valence-electron chi connectivity index (χ1n) is 6.59. The minimum Gasteiger partial charge on any atom is -0.319 e.